The van der Waals surface area contributed by atoms with Gasteiger partial charge in [0.1, 0.15) is 23.9 Å². The van der Waals surface area contributed by atoms with Crippen LogP contribution >= 0.6 is 11.6 Å². The lowest BCUT2D eigenvalue weighted by Crippen LogP contribution is -2.40. The summed E-state index contributed by atoms with van der Waals surface area (Å²) >= 11 is 5.64. The smallest absolute Gasteiger partial charge is 0.417 e. The molecule has 1 aliphatic rings. The van der Waals surface area contributed by atoms with Gasteiger partial charge in [0.2, 0.25) is 0 Å². The molecule has 6 nitrogen and oxygen atoms in total. The number of ether oxygens (including phenoxy) is 2. The van der Waals surface area contributed by atoms with Gasteiger partial charge < -0.3 is 14.8 Å². The Labute approximate surface area is 191 Å². The molecule has 1 heterocycles. The van der Waals surface area contributed by atoms with E-state index in [0.29, 0.717) is 28.5 Å². The summed E-state index contributed by atoms with van der Waals surface area (Å²) in [6.45, 7) is 0.392. The number of fused-ring (bicyclic) bond motifs is 1. The van der Waals surface area contributed by atoms with Gasteiger partial charge in [0.05, 0.1) is 34.5 Å². The Morgan fingerprint density at radius 1 is 1.09 bits per heavy atom. The minimum atomic E-state index is -4.64. The molecule has 0 radical (unpaired) electrons. The molecule has 0 spiro atoms. The van der Waals surface area contributed by atoms with Crippen LogP contribution in [0.1, 0.15) is 11.1 Å². The predicted octanol–water partition coefficient (Wildman–Crippen LogP) is 6.45. The molecule has 0 saturated heterocycles. The molecule has 10 heteroatoms. The van der Waals surface area contributed by atoms with E-state index in [9.17, 15) is 18.0 Å². The van der Waals surface area contributed by atoms with Crippen LogP contribution in [0, 0.1) is 11.3 Å². The molecule has 1 N–H and O–H groups in total. The number of alkyl halides is 3. The van der Waals surface area contributed by atoms with Crippen LogP contribution in [-0.4, -0.2) is 19.2 Å². The van der Waals surface area contributed by atoms with Crippen molar-refractivity contribution in [1.29, 1.82) is 5.26 Å². The van der Waals surface area contributed by atoms with E-state index in [4.69, 9.17) is 26.3 Å². The van der Waals surface area contributed by atoms with Crippen LogP contribution in [-0.2, 0) is 6.18 Å². The van der Waals surface area contributed by atoms with Gasteiger partial charge in [0.25, 0.3) is 0 Å². The maximum atomic E-state index is 13.1. The lowest BCUT2D eigenvalue weighted by molar-refractivity contribution is -0.137. The summed E-state index contributed by atoms with van der Waals surface area (Å²) in [5.41, 5.74) is -0.128. The molecule has 0 saturated carbocycles. The zero-order chi connectivity index (χ0) is 23.6. The Balaban J connectivity index is 1.52. The number of nitrogens with zero attached hydrogens (tertiary/aromatic N) is 2. The highest BCUT2D eigenvalue weighted by atomic mass is 35.5. The van der Waals surface area contributed by atoms with E-state index < -0.39 is 22.8 Å². The summed E-state index contributed by atoms with van der Waals surface area (Å²) in [5.74, 6) is 1.35. The first-order valence-corrected chi connectivity index (χ1v) is 10.0. The lowest BCUT2D eigenvalue weighted by Gasteiger charge is -2.30. The van der Waals surface area contributed by atoms with Crippen LogP contribution in [0.3, 0.4) is 0 Å². The highest BCUT2D eigenvalue weighted by molar-refractivity contribution is 6.31. The number of rotatable bonds is 3. The highest BCUT2D eigenvalue weighted by Crippen LogP contribution is 2.38. The minimum absolute atomic E-state index is 0.0365. The maximum Gasteiger partial charge on any atom is 0.417 e. The van der Waals surface area contributed by atoms with E-state index in [1.807, 2.05) is 6.07 Å². The van der Waals surface area contributed by atoms with Gasteiger partial charge in [0.15, 0.2) is 0 Å². The molecule has 4 rings (SSSR count). The van der Waals surface area contributed by atoms with Crippen molar-refractivity contribution in [3.05, 3.63) is 76.8 Å². The molecule has 0 atom stereocenters. The molecule has 3 aromatic rings. The van der Waals surface area contributed by atoms with Gasteiger partial charge in [-0.2, -0.15) is 18.4 Å². The summed E-state index contributed by atoms with van der Waals surface area (Å²) < 4.78 is 50.7. The van der Waals surface area contributed by atoms with Crippen molar-refractivity contribution in [1.82, 2.24) is 0 Å². The zero-order valence-corrected chi connectivity index (χ0v) is 17.6. The molecule has 3 aromatic carbocycles. The quantitative estimate of drug-likeness (QED) is 0.474. The molecule has 168 valence electrons. The number of hydrogen-bond acceptors (Lipinski definition) is 4. The number of benzene rings is 3. The zero-order valence-electron chi connectivity index (χ0n) is 16.8. The Kier molecular flexibility index (Phi) is 6.03. The van der Waals surface area contributed by atoms with Gasteiger partial charge in [-0.15, -0.1) is 0 Å². The van der Waals surface area contributed by atoms with Crippen molar-refractivity contribution >= 4 is 29.0 Å². The molecule has 1 aliphatic heterocycles. The van der Waals surface area contributed by atoms with Gasteiger partial charge in [0, 0.05) is 11.8 Å². The second-order valence-corrected chi connectivity index (χ2v) is 7.40. The number of halogens is 4. The molecular formula is C23H15ClF3N3O3. The number of nitrogens with one attached hydrogen (secondary N) is 1. The number of urea groups is 1. The summed E-state index contributed by atoms with van der Waals surface area (Å²) in [6.07, 6.45) is -4.64. The van der Waals surface area contributed by atoms with Gasteiger partial charge in [-0.1, -0.05) is 11.6 Å². The van der Waals surface area contributed by atoms with Gasteiger partial charge in [-0.25, -0.2) is 4.79 Å². The van der Waals surface area contributed by atoms with Crippen LogP contribution in [0.25, 0.3) is 0 Å². The largest absolute Gasteiger partial charge is 0.489 e. The van der Waals surface area contributed by atoms with Crippen molar-refractivity contribution in [3.63, 3.8) is 0 Å². The van der Waals surface area contributed by atoms with Crippen molar-refractivity contribution in [2.24, 2.45) is 0 Å². The summed E-state index contributed by atoms with van der Waals surface area (Å²) in [6, 6.07) is 16.0. The molecule has 0 unspecified atom stereocenters. The fraction of sp³-hybridized carbons (Fsp3) is 0.130. The molecule has 0 aliphatic carbocycles. The first-order chi connectivity index (χ1) is 15.7. The van der Waals surface area contributed by atoms with Crippen LogP contribution < -0.4 is 19.7 Å². The molecule has 2 amide bonds. The minimum Gasteiger partial charge on any atom is -0.489 e. The number of anilines is 2. The second kappa shape index (κ2) is 8.92. The summed E-state index contributed by atoms with van der Waals surface area (Å²) in [5, 5.41) is 10.9. The fourth-order valence-electron chi connectivity index (χ4n) is 3.22. The van der Waals surface area contributed by atoms with Crippen LogP contribution in [0.5, 0.6) is 17.2 Å². The monoisotopic (exact) mass is 473 g/mol. The van der Waals surface area contributed by atoms with Crippen molar-refractivity contribution in [2.75, 3.05) is 23.4 Å². The van der Waals surface area contributed by atoms with E-state index in [1.165, 1.54) is 11.0 Å². The second-order valence-electron chi connectivity index (χ2n) is 6.99. The third-order valence-electron chi connectivity index (χ3n) is 4.78. The Morgan fingerprint density at radius 2 is 1.82 bits per heavy atom. The molecule has 0 aromatic heterocycles. The van der Waals surface area contributed by atoms with Crippen molar-refractivity contribution < 1.29 is 27.4 Å². The van der Waals surface area contributed by atoms with E-state index >= 15 is 0 Å². The average molecular weight is 474 g/mol. The first-order valence-electron chi connectivity index (χ1n) is 9.65. The molecule has 0 fully saturated rings. The van der Waals surface area contributed by atoms with Crippen molar-refractivity contribution in [3.8, 4) is 23.3 Å². The van der Waals surface area contributed by atoms with E-state index in [0.717, 1.165) is 12.1 Å². The number of carbonyl (C=O) groups is 1. The van der Waals surface area contributed by atoms with Gasteiger partial charge in [-0.3, -0.25) is 4.90 Å². The third-order valence-corrected chi connectivity index (χ3v) is 5.11. The highest BCUT2D eigenvalue weighted by Gasteiger charge is 2.34. The summed E-state index contributed by atoms with van der Waals surface area (Å²) in [4.78, 5) is 14.2. The SMILES string of the molecule is N#Cc1ccc(Oc2ccc3c(c2)OCCN3C(=O)Nc2ccc(Cl)c(C(F)(F)F)c2)cc1. The Bertz CT molecular complexity index is 1240. The van der Waals surface area contributed by atoms with Crippen LogP contribution in [0.15, 0.2) is 60.7 Å². The molecule has 0 bridgehead atoms. The van der Waals surface area contributed by atoms with E-state index in [-0.39, 0.29) is 18.8 Å². The standard InChI is InChI=1S/C23H15ClF3N3O3/c24-19-7-3-15(11-18(19)23(25,26)27)29-22(31)30-9-10-32-21-12-17(6-8-20(21)30)33-16-4-1-14(13-28)2-5-16/h1-8,11-12H,9-10H2,(H,29,31). The maximum absolute atomic E-state index is 13.1. The van der Waals surface area contributed by atoms with Gasteiger partial charge in [-0.05, 0) is 54.6 Å². The molecule has 33 heavy (non-hydrogen) atoms. The number of nitriles is 1. The number of amides is 2. The topological polar surface area (TPSA) is 74.6 Å². The lowest BCUT2D eigenvalue weighted by atomic mass is 10.2. The number of hydrogen-bond donors (Lipinski definition) is 1. The van der Waals surface area contributed by atoms with Crippen LogP contribution in [0.2, 0.25) is 5.02 Å². The fourth-order valence-corrected chi connectivity index (χ4v) is 3.44. The van der Waals surface area contributed by atoms with Gasteiger partial charge >= 0.3 is 12.2 Å². The number of carbonyl (C=O) groups excluding carboxylic acids is 1. The van der Waals surface area contributed by atoms with Crippen LogP contribution in [0.4, 0.5) is 29.3 Å². The van der Waals surface area contributed by atoms with E-state index in [1.54, 1.807) is 42.5 Å². The molecular weight excluding hydrogens is 459 g/mol. The predicted molar refractivity (Wildman–Crippen MR) is 116 cm³/mol. The van der Waals surface area contributed by atoms with Crippen molar-refractivity contribution in [2.45, 2.75) is 6.18 Å². The first kappa shape index (κ1) is 22.3. The normalized spacial score (nSPS) is 12.9. The summed E-state index contributed by atoms with van der Waals surface area (Å²) in [7, 11) is 0. The Morgan fingerprint density at radius 3 is 2.52 bits per heavy atom. The Hall–Kier alpha value is -3.90. The third kappa shape index (κ3) is 4.96. The average Bonchev–Trinajstić information content (AvgIpc) is 2.79. The van der Waals surface area contributed by atoms with E-state index in [2.05, 4.69) is 5.32 Å².